The Bertz CT molecular complexity index is 604. The van der Waals surface area contributed by atoms with E-state index in [0.29, 0.717) is 10.9 Å². The molecule has 2 rings (SSSR count). The number of rotatable bonds is 12. The Morgan fingerprint density at radius 2 is 1.86 bits per heavy atom. The van der Waals surface area contributed by atoms with Crippen LogP contribution in [0, 0.1) is 11.8 Å². The van der Waals surface area contributed by atoms with Crippen molar-refractivity contribution in [1.82, 2.24) is 10.2 Å². The van der Waals surface area contributed by atoms with Gasteiger partial charge in [-0.25, -0.2) is 0 Å². The number of halogens is 1. The highest BCUT2D eigenvalue weighted by Gasteiger charge is 2.25. The van der Waals surface area contributed by atoms with E-state index in [1.807, 2.05) is 26.0 Å². The molecule has 29 heavy (non-hydrogen) atoms. The minimum absolute atomic E-state index is 0.144. The molecular weight excluding hydrogens is 384 g/mol. The summed E-state index contributed by atoms with van der Waals surface area (Å²) < 4.78 is 0. The molecule has 164 valence electrons. The summed E-state index contributed by atoms with van der Waals surface area (Å²) in [5.41, 5.74) is 0.247. The van der Waals surface area contributed by atoms with Crippen LogP contribution in [0.1, 0.15) is 69.7 Å². The number of nitrogens with one attached hydrogen (secondary N) is 1. The molecule has 1 saturated heterocycles. The number of nitrogens with zero attached hydrogens (tertiary/aromatic N) is 1. The predicted octanol–water partition coefficient (Wildman–Crippen LogP) is 4.79. The van der Waals surface area contributed by atoms with E-state index in [1.54, 1.807) is 12.1 Å². The maximum Gasteiger partial charge on any atom is 0.166 e. The van der Waals surface area contributed by atoms with Gasteiger partial charge in [0.1, 0.15) is 0 Å². The zero-order valence-corrected chi connectivity index (χ0v) is 19.2. The number of hydrogen-bond donors (Lipinski definition) is 2. The zero-order valence-electron chi connectivity index (χ0n) is 18.4. The number of aliphatic hydroxyl groups is 1. The van der Waals surface area contributed by atoms with Crippen LogP contribution in [0.2, 0.25) is 5.02 Å². The first kappa shape index (κ1) is 24.3. The molecule has 0 aromatic heterocycles. The summed E-state index contributed by atoms with van der Waals surface area (Å²) in [5.74, 6) is 1.10. The van der Waals surface area contributed by atoms with Crippen molar-refractivity contribution in [3.63, 3.8) is 0 Å². The molecule has 2 N–H and O–H groups in total. The number of ketones is 1. The zero-order chi connectivity index (χ0) is 21.3. The largest absolute Gasteiger partial charge is 0.390 e. The molecule has 1 aromatic rings. The summed E-state index contributed by atoms with van der Waals surface area (Å²) in [7, 11) is 0. The minimum Gasteiger partial charge on any atom is -0.390 e. The van der Waals surface area contributed by atoms with Gasteiger partial charge in [-0.3, -0.25) is 4.79 Å². The molecule has 1 aliphatic heterocycles. The lowest BCUT2D eigenvalue weighted by Crippen LogP contribution is -2.40. The third kappa shape index (κ3) is 9.61. The van der Waals surface area contributed by atoms with Crippen LogP contribution in [0.3, 0.4) is 0 Å². The van der Waals surface area contributed by atoms with Gasteiger partial charge in [0, 0.05) is 29.6 Å². The Kier molecular flexibility index (Phi) is 10.1. The van der Waals surface area contributed by atoms with Crippen molar-refractivity contribution in [2.24, 2.45) is 11.8 Å². The van der Waals surface area contributed by atoms with Gasteiger partial charge in [-0.1, -0.05) is 31.4 Å². The van der Waals surface area contributed by atoms with E-state index in [2.05, 4.69) is 17.1 Å². The molecule has 0 radical (unpaired) electrons. The average molecular weight is 423 g/mol. The van der Waals surface area contributed by atoms with Gasteiger partial charge < -0.3 is 15.3 Å². The molecule has 1 aliphatic rings. The predicted molar refractivity (Wildman–Crippen MR) is 122 cm³/mol. The molecular formula is C24H39ClN2O2. The Labute approximate surface area is 182 Å². The highest BCUT2D eigenvalue weighted by atomic mass is 35.5. The maximum absolute atomic E-state index is 12.6. The van der Waals surface area contributed by atoms with E-state index in [1.165, 1.54) is 12.8 Å². The Morgan fingerprint density at radius 3 is 2.48 bits per heavy atom. The van der Waals surface area contributed by atoms with E-state index in [-0.39, 0.29) is 11.7 Å². The Hall–Kier alpha value is -0.940. The van der Waals surface area contributed by atoms with E-state index in [4.69, 9.17) is 11.6 Å². The first-order chi connectivity index (χ1) is 13.7. The first-order valence-electron chi connectivity index (χ1n) is 11.2. The van der Waals surface area contributed by atoms with Gasteiger partial charge in [0.25, 0.3) is 0 Å². The van der Waals surface area contributed by atoms with Crippen LogP contribution in [0.5, 0.6) is 0 Å². The number of benzene rings is 1. The first-order valence-corrected chi connectivity index (χ1v) is 11.6. The van der Waals surface area contributed by atoms with Crippen LogP contribution in [-0.2, 0) is 0 Å². The molecule has 1 atom stereocenters. The number of likely N-dealkylation sites (tertiary alicyclic amines) is 1. The topological polar surface area (TPSA) is 52.6 Å². The fourth-order valence-electron chi connectivity index (χ4n) is 4.01. The van der Waals surface area contributed by atoms with Crippen molar-refractivity contribution in [2.45, 2.75) is 64.9 Å². The molecule has 0 spiro atoms. The smallest absolute Gasteiger partial charge is 0.166 e. The highest BCUT2D eigenvalue weighted by molar-refractivity contribution is 6.30. The monoisotopic (exact) mass is 422 g/mol. The second-order valence-electron chi connectivity index (χ2n) is 9.34. The third-order valence-electron chi connectivity index (χ3n) is 5.99. The quantitative estimate of drug-likeness (QED) is 0.375. The second kappa shape index (κ2) is 12.0. The number of carbonyl (C=O) groups excluding carboxylic acids is 1. The summed E-state index contributed by atoms with van der Waals surface area (Å²) in [6, 6.07) is 7.27. The number of carbonyl (C=O) groups is 1. The van der Waals surface area contributed by atoms with Gasteiger partial charge in [0.15, 0.2) is 5.78 Å². The highest BCUT2D eigenvalue weighted by Crippen LogP contribution is 2.22. The van der Waals surface area contributed by atoms with Crippen molar-refractivity contribution < 1.29 is 9.90 Å². The van der Waals surface area contributed by atoms with E-state index < -0.39 is 5.60 Å². The van der Waals surface area contributed by atoms with E-state index in [9.17, 15) is 9.90 Å². The molecule has 0 bridgehead atoms. The second-order valence-corrected chi connectivity index (χ2v) is 9.77. The van der Waals surface area contributed by atoms with Crippen LogP contribution in [0.15, 0.2) is 24.3 Å². The van der Waals surface area contributed by atoms with Crippen molar-refractivity contribution in [3.8, 4) is 0 Å². The SMILES string of the molecule is CC(CCCC(C)(C)O)CCNCCN1CCC(C(=O)c2ccc(Cl)cc2)CC1. The number of hydrogen-bond acceptors (Lipinski definition) is 4. The molecule has 1 aromatic carbocycles. The lowest BCUT2D eigenvalue weighted by atomic mass is 9.89. The molecule has 1 heterocycles. The lowest BCUT2D eigenvalue weighted by Gasteiger charge is -2.31. The van der Waals surface area contributed by atoms with Crippen LogP contribution in [0.25, 0.3) is 0 Å². The molecule has 4 nitrogen and oxygen atoms in total. The molecule has 0 aliphatic carbocycles. The Morgan fingerprint density at radius 1 is 1.21 bits per heavy atom. The fourth-order valence-corrected chi connectivity index (χ4v) is 4.13. The summed E-state index contributed by atoms with van der Waals surface area (Å²) >= 11 is 5.91. The third-order valence-corrected chi connectivity index (χ3v) is 6.24. The average Bonchev–Trinajstić information content (AvgIpc) is 2.67. The van der Waals surface area contributed by atoms with E-state index in [0.717, 1.165) is 64.0 Å². The van der Waals surface area contributed by atoms with Gasteiger partial charge >= 0.3 is 0 Å². The van der Waals surface area contributed by atoms with Gasteiger partial charge in [0.05, 0.1) is 5.60 Å². The summed E-state index contributed by atoms with van der Waals surface area (Å²) in [5, 5.41) is 14.0. The molecule has 1 unspecified atom stereocenters. The molecule has 0 amide bonds. The van der Waals surface area contributed by atoms with Crippen molar-refractivity contribution in [3.05, 3.63) is 34.9 Å². The molecule has 1 fully saturated rings. The standard InChI is InChI=1S/C24H39ClN2O2/c1-19(5-4-13-24(2,3)29)10-14-26-15-18-27-16-11-21(12-17-27)23(28)20-6-8-22(25)9-7-20/h6-9,19,21,26,29H,4-5,10-18H2,1-3H3. The fraction of sp³-hybridized carbons (Fsp3) is 0.708. The van der Waals surface area contributed by atoms with E-state index >= 15 is 0 Å². The molecule has 0 saturated carbocycles. The van der Waals surface area contributed by atoms with Gasteiger partial charge in [-0.15, -0.1) is 0 Å². The van der Waals surface area contributed by atoms with Gasteiger partial charge in [-0.2, -0.15) is 0 Å². The lowest BCUT2D eigenvalue weighted by molar-refractivity contribution is 0.0669. The molecule has 5 heteroatoms. The van der Waals surface area contributed by atoms with Crippen molar-refractivity contribution in [2.75, 3.05) is 32.7 Å². The number of piperidine rings is 1. The van der Waals surface area contributed by atoms with Crippen molar-refractivity contribution >= 4 is 17.4 Å². The summed E-state index contributed by atoms with van der Waals surface area (Å²) in [6.07, 6.45) is 6.22. The van der Waals surface area contributed by atoms with Gasteiger partial charge in [0.2, 0.25) is 0 Å². The van der Waals surface area contributed by atoms with Crippen LogP contribution in [-0.4, -0.2) is 54.1 Å². The van der Waals surface area contributed by atoms with Gasteiger partial charge in [-0.05, 0) is 89.3 Å². The van der Waals surface area contributed by atoms with Crippen molar-refractivity contribution in [1.29, 1.82) is 0 Å². The number of Topliss-reactive ketones (excluding diaryl/α,β-unsaturated/α-hetero) is 1. The maximum atomic E-state index is 12.6. The Balaban J connectivity index is 1.54. The van der Waals surface area contributed by atoms with Crippen LogP contribution >= 0.6 is 11.6 Å². The normalized spacial score (nSPS) is 17.4. The summed E-state index contributed by atoms with van der Waals surface area (Å²) in [6.45, 7) is 11.2. The minimum atomic E-state index is -0.537. The summed E-state index contributed by atoms with van der Waals surface area (Å²) in [4.78, 5) is 15.1. The van der Waals surface area contributed by atoms with Crippen LogP contribution in [0.4, 0.5) is 0 Å². The van der Waals surface area contributed by atoms with Crippen LogP contribution < -0.4 is 5.32 Å².